The van der Waals surface area contributed by atoms with E-state index in [1.807, 2.05) is 6.07 Å². The summed E-state index contributed by atoms with van der Waals surface area (Å²) in [5.41, 5.74) is 0.770. The normalized spacial score (nSPS) is 15.6. The predicted molar refractivity (Wildman–Crippen MR) is 171 cm³/mol. The topological polar surface area (TPSA) is 114 Å². The number of rotatable bonds is 12. The van der Waals surface area contributed by atoms with Crippen molar-refractivity contribution in [2.24, 2.45) is 5.41 Å². The maximum atomic E-state index is 15.3. The zero-order chi connectivity index (χ0) is 32.1. The van der Waals surface area contributed by atoms with Crippen LogP contribution in [-0.2, 0) is 14.3 Å². The maximum absolute atomic E-state index is 15.3. The lowest BCUT2D eigenvalue weighted by molar-refractivity contribution is -0.131. The number of carbonyl (C=O) groups excluding carboxylic acids is 2. The fourth-order valence-electron chi connectivity index (χ4n) is 5.39. The number of aromatic nitrogens is 1. The highest BCUT2D eigenvalue weighted by molar-refractivity contribution is 6.17. The molecule has 2 fully saturated rings. The van der Waals surface area contributed by atoms with Crippen LogP contribution in [0.5, 0.6) is 11.5 Å². The zero-order valence-corrected chi connectivity index (χ0v) is 25.4. The van der Waals surface area contributed by atoms with Gasteiger partial charge >= 0.3 is 0 Å². The van der Waals surface area contributed by atoms with Crippen LogP contribution < -0.4 is 25.4 Å². The van der Waals surface area contributed by atoms with E-state index in [1.54, 1.807) is 31.5 Å². The van der Waals surface area contributed by atoms with Crippen LogP contribution in [0.25, 0.3) is 10.9 Å². The minimum atomic E-state index is -1.26. The van der Waals surface area contributed by atoms with Crippen molar-refractivity contribution in [3.05, 3.63) is 78.5 Å². The van der Waals surface area contributed by atoms with Crippen molar-refractivity contribution >= 4 is 45.5 Å². The van der Waals surface area contributed by atoms with E-state index in [9.17, 15) is 14.0 Å². The van der Waals surface area contributed by atoms with E-state index in [0.29, 0.717) is 53.2 Å². The van der Waals surface area contributed by atoms with Crippen molar-refractivity contribution < 1.29 is 32.6 Å². The molecule has 12 heteroatoms. The smallest absolute Gasteiger partial charge is 0.240 e. The molecule has 3 aromatic carbocycles. The second-order valence-electron chi connectivity index (χ2n) is 11.4. The molecule has 4 aromatic rings. The molecule has 2 heterocycles. The Morgan fingerprint density at radius 3 is 2.33 bits per heavy atom. The number of ether oxygens (including phenoxy) is 3. The minimum absolute atomic E-state index is 0.183. The molecule has 1 aliphatic carbocycles. The average Bonchev–Trinajstić information content (AvgIpc) is 3.88. The number of fused-ring (bicyclic) bond motifs is 1. The van der Waals surface area contributed by atoms with E-state index in [2.05, 4.69) is 25.8 Å². The second-order valence-corrected chi connectivity index (χ2v) is 11.4. The van der Waals surface area contributed by atoms with Gasteiger partial charge in [0.2, 0.25) is 11.8 Å². The summed E-state index contributed by atoms with van der Waals surface area (Å²) in [6, 6.07) is 14.9. The Morgan fingerprint density at radius 1 is 0.913 bits per heavy atom. The van der Waals surface area contributed by atoms with Gasteiger partial charge in [-0.25, -0.2) is 8.78 Å². The number of nitrogens with one attached hydrogen (secondary N) is 3. The molecule has 1 aromatic heterocycles. The van der Waals surface area contributed by atoms with Gasteiger partial charge in [-0.15, -0.1) is 0 Å². The largest absolute Gasteiger partial charge is 0.493 e. The number of morpholine rings is 1. The van der Waals surface area contributed by atoms with Gasteiger partial charge in [0.15, 0.2) is 11.5 Å². The lowest BCUT2D eigenvalue weighted by Crippen LogP contribution is -2.37. The molecule has 3 N–H and O–H groups in total. The molecule has 0 spiro atoms. The molecule has 240 valence electrons. The zero-order valence-electron chi connectivity index (χ0n) is 25.4. The lowest BCUT2D eigenvalue weighted by atomic mass is 10.0. The summed E-state index contributed by atoms with van der Waals surface area (Å²) in [5, 5.41) is 9.15. The van der Waals surface area contributed by atoms with Crippen LogP contribution in [0.2, 0.25) is 0 Å². The first kappa shape index (κ1) is 31.2. The van der Waals surface area contributed by atoms with Crippen molar-refractivity contribution in [1.82, 2.24) is 9.88 Å². The van der Waals surface area contributed by atoms with Crippen molar-refractivity contribution in [3.8, 4) is 11.5 Å². The molecule has 0 atom stereocenters. The fourth-order valence-corrected chi connectivity index (χ4v) is 5.39. The Hall–Kier alpha value is -4.81. The second kappa shape index (κ2) is 13.7. The summed E-state index contributed by atoms with van der Waals surface area (Å²) in [6.07, 6.45) is 3.19. The Balaban J connectivity index is 1.10. The summed E-state index contributed by atoms with van der Waals surface area (Å²) in [4.78, 5) is 32.7. The Kier molecular flexibility index (Phi) is 9.27. The molecule has 0 bridgehead atoms. The van der Waals surface area contributed by atoms with Crippen molar-refractivity contribution in [2.75, 3.05) is 62.5 Å². The molecule has 10 nitrogen and oxygen atoms in total. The Bertz CT molecular complexity index is 1730. The van der Waals surface area contributed by atoms with Gasteiger partial charge in [0, 0.05) is 54.3 Å². The van der Waals surface area contributed by atoms with Crippen LogP contribution in [0.15, 0.2) is 66.9 Å². The number of hydrogen-bond acceptors (Lipinski definition) is 8. The maximum Gasteiger partial charge on any atom is 0.240 e. The highest BCUT2D eigenvalue weighted by Crippen LogP contribution is 2.47. The van der Waals surface area contributed by atoms with Crippen molar-refractivity contribution in [1.29, 1.82) is 0 Å². The average molecular weight is 632 g/mol. The quantitative estimate of drug-likeness (QED) is 0.134. The number of hydrogen-bond donors (Lipinski definition) is 3. The van der Waals surface area contributed by atoms with Gasteiger partial charge in [0.05, 0.1) is 38.1 Å². The number of amides is 2. The Morgan fingerprint density at radius 2 is 1.63 bits per heavy atom. The third-order valence-electron chi connectivity index (χ3n) is 8.22. The standard InChI is InChI=1S/C34H35F2N5O5/c1-44-30-20-25-27(9-12-37-29(25)21-31(30)46-16-2-13-41-14-17-45-18-15-41)40-28-8-7-24(19-26(28)36)39-33(43)34(10-11-34)32(42)38-23-5-3-22(35)4-6-23/h3-9,12,19-21H,2,10-11,13-18H2,1H3,(H,37,40)(H,38,42)(H,39,43). The van der Waals surface area contributed by atoms with Gasteiger partial charge < -0.3 is 30.2 Å². The van der Waals surface area contributed by atoms with E-state index >= 15 is 4.39 Å². The van der Waals surface area contributed by atoms with E-state index in [1.165, 1.54) is 36.4 Å². The van der Waals surface area contributed by atoms with E-state index in [-0.39, 0.29) is 11.4 Å². The van der Waals surface area contributed by atoms with Crippen LogP contribution in [0.4, 0.5) is 31.5 Å². The molecular formula is C34H35F2N5O5. The van der Waals surface area contributed by atoms with Crippen LogP contribution in [0.3, 0.4) is 0 Å². The number of methoxy groups -OCH3 is 1. The molecule has 2 aliphatic rings. The number of carbonyl (C=O) groups is 2. The van der Waals surface area contributed by atoms with Crippen LogP contribution in [-0.4, -0.2) is 68.3 Å². The Labute approximate surface area is 265 Å². The highest BCUT2D eigenvalue weighted by Gasteiger charge is 2.56. The minimum Gasteiger partial charge on any atom is -0.493 e. The summed E-state index contributed by atoms with van der Waals surface area (Å²) >= 11 is 0. The SMILES string of the molecule is COc1cc2c(Nc3ccc(NC(=O)C4(C(=O)Nc5ccc(F)cc5)CC4)cc3F)ccnc2cc1OCCCN1CCOCC1. The molecule has 46 heavy (non-hydrogen) atoms. The summed E-state index contributed by atoms with van der Waals surface area (Å²) in [7, 11) is 1.57. The van der Waals surface area contributed by atoms with Gasteiger partial charge in [-0.3, -0.25) is 19.5 Å². The van der Waals surface area contributed by atoms with Crippen LogP contribution in [0, 0.1) is 17.0 Å². The van der Waals surface area contributed by atoms with Crippen molar-refractivity contribution in [2.45, 2.75) is 19.3 Å². The first-order chi connectivity index (χ1) is 22.3. The molecule has 1 saturated carbocycles. The molecule has 1 aliphatic heterocycles. The van der Waals surface area contributed by atoms with Crippen LogP contribution in [0.1, 0.15) is 19.3 Å². The third kappa shape index (κ3) is 7.03. The molecule has 1 saturated heterocycles. The van der Waals surface area contributed by atoms with E-state index in [4.69, 9.17) is 14.2 Å². The van der Waals surface area contributed by atoms with Gasteiger partial charge in [0.1, 0.15) is 17.0 Å². The van der Waals surface area contributed by atoms with Crippen LogP contribution >= 0.6 is 0 Å². The predicted octanol–water partition coefficient (Wildman–Crippen LogP) is 5.72. The highest BCUT2D eigenvalue weighted by atomic mass is 19.1. The number of pyridine rings is 1. The molecular weight excluding hydrogens is 596 g/mol. The fraction of sp³-hybridized carbons (Fsp3) is 0.324. The molecule has 2 amide bonds. The monoisotopic (exact) mass is 631 g/mol. The van der Waals surface area contributed by atoms with E-state index < -0.39 is 28.9 Å². The lowest BCUT2D eigenvalue weighted by Gasteiger charge is -2.26. The number of benzene rings is 3. The van der Waals surface area contributed by atoms with Crippen molar-refractivity contribution in [3.63, 3.8) is 0 Å². The van der Waals surface area contributed by atoms with E-state index in [0.717, 1.165) is 39.3 Å². The first-order valence-electron chi connectivity index (χ1n) is 15.2. The summed E-state index contributed by atoms with van der Waals surface area (Å²) < 4.78 is 45.6. The first-order valence-corrected chi connectivity index (χ1v) is 15.2. The summed E-state index contributed by atoms with van der Waals surface area (Å²) in [5.74, 6) is -0.941. The summed E-state index contributed by atoms with van der Waals surface area (Å²) in [6.45, 7) is 4.81. The number of nitrogens with zero attached hydrogens (tertiary/aromatic N) is 2. The number of anilines is 4. The van der Waals surface area contributed by atoms with Gasteiger partial charge in [-0.2, -0.15) is 0 Å². The third-order valence-corrected chi connectivity index (χ3v) is 8.22. The molecule has 0 unspecified atom stereocenters. The molecule has 0 radical (unpaired) electrons. The molecule has 6 rings (SSSR count). The van der Waals surface area contributed by atoms with Gasteiger partial charge in [-0.1, -0.05) is 0 Å². The van der Waals surface area contributed by atoms with Gasteiger partial charge in [-0.05, 0) is 73.9 Å². The number of halogens is 2. The van der Waals surface area contributed by atoms with Gasteiger partial charge in [0.25, 0.3) is 0 Å².